The molecule has 0 unspecified atom stereocenters. The van der Waals surface area contributed by atoms with E-state index >= 15 is 0 Å². The molecule has 1 saturated carbocycles. The van der Waals surface area contributed by atoms with Crippen LogP contribution in [0.25, 0.3) is 0 Å². The highest BCUT2D eigenvalue weighted by Gasteiger charge is 2.45. The second kappa shape index (κ2) is 12.9. The summed E-state index contributed by atoms with van der Waals surface area (Å²) in [6, 6.07) is 1.53. The minimum absolute atomic E-state index is 0.0978. The number of benzene rings is 1. The average Bonchev–Trinajstić information content (AvgIpc) is 2.88. The zero-order valence-electron chi connectivity index (χ0n) is 24.1. The second-order valence-corrected chi connectivity index (χ2v) is 11.6. The maximum atomic E-state index is 14.4. The summed E-state index contributed by atoms with van der Waals surface area (Å²) in [5, 5.41) is 6.09. The van der Waals surface area contributed by atoms with Crippen LogP contribution < -0.4 is 20.3 Å². The van der Waals surface area contributed by atoms with Gasteiger partial charge in [-0.05, 0) is 90.1 Å². The summed E-state index contributed by atoms with van der Waals surface area (Å²) in [6.07, 6.45) is -0.690. The Bertz CT molecular complexity index is 1090. The Morgan fingerprint density at radius 1 is 1.25 bits per heavy atom. The van der Waals surface area contributed by atoms with E-state index in [1.807, 2.05) is 13.8 Å². The highest BCUT2D eigenvalue weighted by Crippen LogP contribution is 2.44. The molecule has 2 N–H and O–H groups in total. The largest absolute Gasteiger partial charge is 0.476 e. The Morgan fingerprint density at radius 2 is 1.90 bits per heavy atom. The number of nitrogens with one attached hydrogen (secondary N) is 2. The lowest BCUT2D eigenvalue weighted by Crippen LogP contribution is -2.54. The van der Waals surface area contributed by atoms with Crippen molar-refractivity contribution in [2.24, 2.45) is 5.92 Å². The monoisotopic (exact) mass is 586 g/mol. The number of methoxy groups -OCH3 is 1. The predicted octanol–water partition coefficient (Wildman–Crippen LogP) is 4.75. The summed E-state index contributed by atoms with van der Waals surface area (Å²) in [6.45, 7) is 7.67. The first-order valence-electron chi connectivity index (χ1n) is 13.7. The zero-order valence-corrected chi connectivity index (χ0v) is 24.9. The van der Waals surface area contributed by atoms with E-state index in [2.05, 4.69) is 10.6 Å². The van der Waals surface area contributed by atoms with Gasteiger partial charge in [0.05, 0.1) is 16.8 Å². The molecule has 8 nitrogen and oxygen atoms in total. The maximum absolute atomic E-state index is 14.4. The summed E-state index contributed by atoms with van der Waals surface area (Å²) >= 11 is 5.10. The number of anilines is 1. The molecule has 1 fully saturated rings. The van der Waals surface area contributed by atoms with Crippen LogP contribution in [0.4, 0.5) is 18.9 Å². The normalized spacial score (nSPS) is 20.6. The third kappa shape index (κ3) is 7.18. The molecule has 1 aromatic carbocycles. The number of ether oxygens (including phenoxy) is 2. The van der Waals surface area contributed by atoms with Crippen LogP contribution in [-0.4, -0.2) is 73.4 Å². The first-order valence-corrected chi connectivity index (χ1v) is 14.2. The molecule has 0 radical (unpaired) electrons. The van der Waals surface area contributed by atoms with Gasteiger partial charge in [-0.2, -0.15) is 13.2 Å². The fourth-order valence-corrected chi connectivity index (χ4v) is 5.68. The summed E-state index contributed by atoms with van der Waals surface area (Å²) in [5.41, 5.74) is -2.82. The first kappa shape index (κ1) is 31.9. The van der Waals surface area contributed by atoms with Gasteiger partial charge in [-0.1, -0.05) is 0 Å². The van der Waals surface area contributed by atoms with Crippen molar-refractivity contribution in [3.63, 3.8) is 0 Å². The van der Waals surface area contributed by atoms with Gasteiger partial charge < -0.3 is 29.9 Å². The van der Waals surface area contributed by atoms with E-state index in [9.17, 15) is 22.8 Å². The van der Waals surface area contributed by atoms with E-state index in [0.717, 1.165) is 25.3 Å². The van der Waals surface area contributed by atoms with Crippen molar-refractivity contribution in [1.29, 1.82) is 0 Å². The van der Waals surface area contributed by atoms with Crippen LogP contribution in [0.1, 0.15) is 75.7 Å². The van der Waals surface area contributed by atoms with Gasteiger partial charge in [-0.3, -0.25) is 9.59 Å². The molecule has 3 rings (SSSR count). The highest BCUT2D eigenvalue weighted by molar-refractivity contribution is 7.80. The van der Waals surface area contributed by atoms with Crippen molar-refractivity contribution in [1.82, 2.24) is 15.5 Å². The SMILES string of the molecule is CNC(=S)NCCN1C(=O)C(C)(C)Oc2cc(C(F)(F)F)c(C(=O)N(C(C)C)[C@H]3CC[C@@H](CCOC)CC3)cc21. The number of carbonyl (C=O) groups excluding carboxylic acids is 2. The van der Waals surface area contributed by atoms with E-state index in [1.54, 1.807) is 19.1 Å². The van der Waals surface area contributed by atoms with Gasteiger partial charge in [0.2, 0.25) is 0 Å². The molecule has 0 atom stereocenters. The van der Waals surface area contributed by atoms with Crippen molar-refractivity contribution in [3.8, 4) is 5.75 Å². The van der Waals surface area contributed by atoms with E-state index in [4.69, 9.17) is 21.7 Å². The number of hydrogen-bond donors (Lipinski definition) is 2. The third-order valence-electron chi connectivity index (χ3n) is 7.63. The van der Waals surface area contributed by atoms with E-state index in [-0.39, 0.29) is 36.6 Å². The topological polar surface area (TPSA) is 83.1 Å². The summed E-state index contributed by atoms with van der Waals surface area (Å²) in [5.74, 6) is -0.749. The fourth-order valence-electron chi connectivity index (χ4n) is 5.57. The lowest BCUT2D eigenvalue weighted by atomic mass is 9.83. The van der Waals surface area contributed by atoms with Crippen molar-refractivity contribution in [3.05, 3.63) is 23.3 Å². The number of thiocarbonyl (C=S) groups is 1. The van der Waals surface area contributed by atoms with Crippen LogP contribution in [-0.2, 0) is 15.7 Å². The van der Waals surface area contributed by atoms with Gasteiger partial charge in [-0.15, -0.1) is 0 Å². The molecule has 2 amide bonds. The number of rotatable bonds is 9. The third-order valence-corrected chi connectivity index (χ3v) is 7.98. The fraction of sp³-hybridized carbons (Fsp3) is 0.679. The average molecular weight is 587 g/mol. The van der Waals surface area contributed by atoms with Crippen LogP contribution in [0.5, 0.6) is 5.75 Å². The van der Waals surface area contributed by atoms with Gasteiger partial charge in [0.15, 0.2) is 10.7 Å². The molecule has 1 aliphatic heterocycles. The van der Waals surface area contributed by atoms with Gasteiger partial charge in [-0.25, -0.2) is 0 Å². The molecule has 0 bridgehead atoms. The van der Waals surface area contributed by atoms with Gasteiger partial charge in [0.25, 0.3) is 11.8 Å². The molecule has 224 valence electrons. The standard InChI is InChI=1S/C28H41F3N4O4S/c1-17(2)35(19-9-7-18(8-10-19)11-14-38-6)24(36)20-15-22-23(16-21(20)28(29,30)31)39-27(3,4)25(37)34(22)13-12-33-26(40)32-5/h15-19H,7-14H2,1-6H3,(H2,32,33,40)/t18-,19+. The van der Waals surface area contributed by atoms with Crippen molar-refractivity contribution in [2.45, 2.75) is 83.7 Å². The van der Waals surface area contributed by atoms with Crippen LogP contribution >= 0.6 is 12.2 Å². The van der Waals surface area contributed by atoms with Crippen molar-refractivity contribution in [2.75, 3.05) is 38.8 Å². The Labute approximate surface area is 239 Å². The number of nitrogens with zero attached hydrogens (tertiary/aromatic N) is 2. The molecule has 40 heavy (non-hydrogen) atoms. The molecule has 1 aliphatic carbocycles. The van der Waals surface area contributed by atoms with Gasteiger partial charge in [0, 0.05) is 45.9 Å². The second-order valence-electron chi connectivity index (χ2n) is 11.2. The number of halogens is 3. The number of fused-ring (bicyclic) bond motifs is 1. The molecule has 2 aliphatic rings. The Kier molecular flexibility index (Phi) is 10.3. The van der Waals surface area contributed by atoms with E-state index in [1.165, 1.54) is 24.8 Å². The predicted molar refractivity (Wildman–Crippen MR) is 152 cm³/mol. The number of alkyl halides is 3. The molecular weight excluding hydrogens is 545 g/mol. The zero-order chi connectivity index (χ0) is 29.8. The van der Waals surface area contributed by atoms with Crippen LogP contribution in [0.2, 0.25) is 0 Å². The van der Waals surface area contributed by atoms with Crippen LogP contribution in [0, 0.1) is 5.92 Å². The Hall–Kier alpha value is -2.60. The van der Waals surface area contributed by atoms with Gasteiger partial charge >= 0.3 is 6.18 Å². The lowest BCUT2D eigenvalue weighted by molar-refractivity contribution is -0.138. The van der Waals surface area contributed by atoms with Crippen molar-refractivity contribution < 1.29 is 32.2 Å². The minimum atomic E-state index is -4.80. The molecule has 12 heteroatoms. The highest BCUT2D eigenvalue weighted by atomic mass is 32.1. The number of amides is 2. The summed E-state index contributed by atoms with van der Waals surface area (Å²) in [7, 11) is 3.31. The quantitative estimate of drug-likeness (QED) is 0.404. The first-order chi connectivity index (χ1) is 18.7. The Balaban J connectivity index is 2.01. The molecule has 0 saturated heterocycles. The number of hydrogen-bond acceptors (Lipinski definition) is 5. The minimum Gasteiger partial charge on any atom is -0.476 e. The van der Waals surface area contributed by atoms with Crippen molar-refractivity contribution >= 4 is 34.8 Å². The van der Waals surface area contributed by atoms with E-state index < -0.39 is 34.7 Å². The maximum Gasteiger partial charge on any atom is 0.417 e. The van der Waals surface area contributed by atoms with E-state index in [0.29, 0.717) is 30.5 Å². The molecule has 1 heterocycles. The molecule has 0 spiro atoms. The summed E-state index contributed by atoms with van der Waals surface area (Å²) < 4.78 is 54.2. The Morgan fingerprint density at radius 3 is 2.45 bits per heavy atom. The van der Waals surface area contributed by atoms with Crippen LogP contribution in [0.15, 0.2) is 12.1 Å². The smallest absolute Gasteiger partial charge is 0.417 e. The molecule has 0 aromatic heterocycles. The molecular formula is C28H41F3N4O4S. The number of carbonyl (C=O) groups is 2. The lowest BCUT2D eigenvalue weighted by Gasteiger charge is -2.41. The van der Waals surface area contributed by atoms with Gasteiger partial charge in [0.1, 0.15) is 5.75 Å². The molecule has 1 aromatic rings. The van der Waals surface area contributed by atoms with Crippen LogP contribution in [0.3, 0.4) is 0 Å². The summed E-state index contributed by atoms with van der Waals surface area (Å²) in [4.78, 5) is 30.2.